The maximum Gasteiger partial charge on any atom is 0.469 e. The van der Waals surface area contributed by atoms with Gasteiger partial charge in [-0.1, -0.05) is 127 Å². The fraction of sp³-hybridized carbons (Fsp3) is 0.672. The molecule has 0 fully saturated rings. The second kappa shape index (κ2) is 55.7. The van der Waals surface area contributed by atoms with E-state index in [1.54, 1.807) is 20.8 Å². The van der Waals surface area contributed by atoms with Gasteiger partial charge in [-0.05, 0) is 95.4 Å². The van der Waals surface area contributed by atoms with Crippen LogP contribution in [0.1, 0.15) is 95.4 Å². The van der Waals surface area contributed by atoms with Gasteiger partial charge in [0.25, 0.3) is 0 Å². The molecular formula is C67H125O30P5. The highest BCUT2D eigenvalue weighted by molar-refractivity contribution is 7.51. The molecule has 2 unspecified atom stereocenters. The van der Waals surface area contributed by atoms with Crippen LogP contribution in [-0.4, -0.2) is 223 Å². The first-order valence-electron chi connectivity index (χ1n) is 31.8. The van der Waals surface area contributed by atoms with E-state index in [9.17, 15) is 32.6 Å². The zero-order valence-electron chi connectivity index (χ0n) is 62.6. The Morgan fingerprint density at radius 1 is 0.255 bits per heavy atom. The predicted octanol–water partition coefficient (Wildman–Crippen LogP) is 11.8. The molecule has 0 rings (SSSR count). The number of ether oxygens (including phenoxy) is 11. The number of phosphoric ester groups is 4. The maximum absolute atomic E-state index is 11.7. The molecule has 0 aromatic rings. The summed E-state index contributed by atoms with van der Waals surface area (Å²) < 4.78 is 141. The Hall–Kier alpha value is -2.71. The summed E-state index contributed by atoms with van der Waals surface area (Å²) in [6.45, 7) is 65.4. The fourth-order valence-electron chi connectivity index (χ4n) is 7.55. The van der Waals surface area contributed by atoms with Crippen LogP contribution in [-0.2, 0) is 97.5 Å². The van der Waals surface area contributed by atoms with Crippen LogP contribution in [0.4, 0.5) is 0 Å². The van der Waals surface area contributed by atoms with Crippen molar-refractivity contribution in [2.45, 2.75) is 95.4 Å². The summed E-state index contributed by atoms with van der Waals surface area (Å²) in [5, 5.41) is 0. The molecule has 0 aliphatic rings. The summed E-state index contributed by atoms with van der Waals surface area (Å²) in [4.78, 5) is 81.4. The average molecular weight is 1570 g/mol. The molecule has 0 aromatic carbocycles. The second-order valence-electron chi connectivity index (χ2n) is 26.8. The number of allylic oxidation sites excluding steroid dienone is 1. The molecule has 0 heterocycles. The summed E-state index contributed by atoms with van der Waals surface area (Å²) in [7, 11) is -22.4. The van der Waals surface area contributed by atoms with Gasteiger partial charge in [-0.25, -0.2) is 18.3 Å². The van der Waals surface area contributed by atoms with Crippen molar-refractivity contribution in [1.82, 2.24) is 0 Å². The first kappa shape index (κ1) is 106. The van der Waals surface area contributed by atoms with Crippen molar-refractivity contribution in [3.05, 3.63) is 134 Å². The lowest BCUT2D eigenvalue weighted by molar-refractivity contribution is -0.121. The molecule has 102 heavy (non-hydrogen) atoms. The van der Waals surface area contributed by atoms with E-state index >= 15 is 0 Å². The molecule has 0 bridgehead atoms. The van der Waals surface area contributed by atoms with Crippen LogP contribution in [0.25, 0.3) is 0 Å². The van der Waals surface area contributed by atoms with E-state index in [-0.39, 0.29) is 106 Å². The third kappa shape index (κ3) is 72.8. The molecule has 0 aliphatic heterocycles. The average Bonchev–Trinajstić information content (AvgIpc) is 0.859. The molecule has 0 spiro atoms. The van der Waals surface area contributed by atoms with Crippen molar-refractivity contribution in [1.29, 1.82) is 0 Å². The second-order valence-corrected chi connectivity index (χ2v) is 33.6. The lowest BCUT2D eigenvalue weighted by Gasteiger charge is -2.37. The highest BCUT2D eigenvalue weighted by Gasteiger charge is 2.40. The monoisotopic (exact) mass is 1560 g/mol. The molecular weight excluding hydrogens is 1440 g/mol. The van der Waals surface area contributed by atoms with Crippen molar-refractivity contribution in [2.24, 2.45) is 21.7 Å². The largest absolute Gasteiger partial charge is 0.469 e. The zero-order chi connectivity index (χ0) is 79.7. The minimum Gasteiger partial charge on any atom is -0.380 e. The van der Waals surface area contributed by atoms with Crippen LogP contribution in [0.2, 0.25) is 0 Å². The number of hydrogen-bond acceptors (Lipinski definition) is 21. The van der Waals surface area contributed by atoms with Gasteiger partial charge in [0, 0.05) is 12.1 Å². The van der Waals surface area contributed by atoms with Gasteiger partial charge in [0.2, 0.25) is 0 Å². The van der Waals surface area contributed by atoms with E-state index in [4.69, 9.17) is 95.4 Å². The van der Waals surface area contributed by atoms with Crippen LogP contribution in [0.15, 0.2) is 134 Å². The maximum atomic E-state index is 11.7. The van der Waals surface area contributed by atoms with Crippen LogP contribution in [0.3, 0.4) is 0 Å². The molecule has 598 valence electrons. The van der Waals surface area contributed by atoms with Crippen LogP contribution >= 0.6 is 38.9 Å². The molecule has 35 heteroatoms. The van der Waals surface area contributed by atoms with E-state index < -0.39 is 73.8 Å². The Kier molecular flexibility index (Phi) is 57.6. The molecule has 0 aromatic heterocycles. The Morgan fingerprint density at radius 2 is 0.431 bits per heavy atom. The van der Waals surface area contributed by atoms with Gasteiger partial charge in [-0.3, -0.25) is 27.2 Å². The molecule has 30 nitrogen and oxygen atoms in total. The third-order valence-corrected chi connectivity index (χ3v) is 14.3. The summed E-state index contributed by atoms with van der Waals surface area (Å²) in [6.07, 6.45) is 2.00. The first-order valence-corrected chi connectivity index (χ1v) is 39.9. The van der Waals surface area contributed by atoms with Crippen molar-refractivity contribution in [3.63, 3.8) is 0 Å². The van der Waals surface area contributed by atoms with Crippen molar-refractivity contribution < 1.29 is 142 Å². The topological polar surface area (TPSA) is 415 Å². The van der Waals surface area contributed by atoms with Crippen molar-refractivity contribution in [3.8, 4) is 0 Å². The number of phosphoric acid groups is 4. The van der Waals surface area contributed by atoms with E-state index in [1.807, 2.05) is 55.4 Å². The standard InChI is InChI=1S/C31H55O9P.C17H31O7P.C13H26O10P2.C6H13O4P/c1-25(2)12-11-13-30(18-35-14-26(3)4,24-40-41(32,33)34)19-39-23-31(20-36-15-27(5)6,21-37-16-28(7)8)22-38-17-29(9)10;1-14(2)7-21-10-17(11-22-8-15(3)4,12-23-9-16(5)6)13-24-25(18,19)20;1-11(2)5-20-7-13(8-21-6-12(3)4,9-22-24(14,15)16)10-23-25(17,18)19;1-6(2)4-9-5-10-11(3,7)8/h1,3,5,7,9,11-24H2,2,4,6,8,10H3,(H2,32,33,34);1,3,5,7-13H2,2,4,6H3,(H2,18,19,20);1,3,5-10H2,2,4H3,(H2,14,15,16)(H2,17,18,19);1,4-5H2,2-3H3,(H,7,8). The highest BCUT2D eigenvalue weighted by atomic mass is 31.2. The molecule has 0 saturated heterocycles. The minimum absolute atomic E-state index is 0.114. The van der Waals surface area contributed by atoms with Gasteiger partial charge in [0.1, 0.15) is 0 Å². The quantitative estimate of drug-likeness (QED) is 0.0118. The SMILES string of the molecule is C=C(C)CCCC(COCC(=C)C)(COCC(COCC(=C)C)(COCC(=C)C)COCC(=C)C)COP(=O)(O)O.C=C(C)COCC(COCC(=C)C)(COCC(=C)C)COP(=O)(O)O.C=C(C)COCC(COCC(=C)C)(COP(=O)(O)O)COP(=O)(O)O.C=C(C)COCOP(C)(=O)O. The Labute approximate surface area is 607 Å². The normalized spacial score (nSPS) is 13.3. The predicted molar refractivity (Wildman–Crippen MR) is 394 cm³/mol. The van der Waals surface area contributed by atoms with Gasteiger partial charge in [-0.15, -0.1) is 6.58 Å². The molecule has 0 radical (unpaired) electrons. The minimum atomic E-state index is -4.82. The molecule has 9 N–H and O–H groups in total. The fourth-order valence-corrected chi connectivity index (χ4v) is 9.59. The lowest BCUT2D eigenvalue weighted by atomic mass is 9.84. The van der Waals surface area contributed by atoms with Gasteiger partial charge >= 0.3 is 38.9 Å². The Morgan fingerprint density at radius 3 is 0.637 bits per heavy atom. The van der Waals surface area contributed by atoms with Gasteiger partial charge < -0.3 is 96.1 Å². The highest BCUT2D eigenvalue weighted by Crippen LogP contribution is 2.44. The summed E-state index contributed by atoms with van der Waals surface area (Å²) in [5.41, 5.74) is 5.40. The van der Waals surface area contributed by atoms with Crippen LogP contribution in [0, 0.1) is 21.7 Å². The van der Waals surface area contributed by atoms with E-state index in [2.05, 4.69) is 85.9 Å². The summed E-state index contributed by atoms with van der Waals surface area (Å²) in [5.74, 6) is 0. The summed E-state index contributed by atoms with van der Waals surface area (Å²) >= 11 is 0. The van der Waals surface area contributed by atoms with E-state index in [0.717, 1.165) is 69.7 Å². The van der Waals surface area contributed by atoms with Gasteiger partial charge in [0.05, 0.1) is 181 Å². The van der Waals surface area contributed by atoms with Crippen molar-refractivity contribution in [2.75, 3.05) is 179 Å². The Bertz CT molecular complexity index is 2620. The summed E-state index contributed by atoms with van der Waals surface area (Å²) in [6, 6.07) is 0. The van der Waals surface area contributed by atoms with E-state index in [0.29, 0.717) is 70.4 Å². The molecule has 0 saturated carbocycles. The van der Waals surface area contributed by atoms with Gasteiger partial charge in [-0.2, -0.15) is 0 Å². The zero-order valence-corrected chi connectivity index (χ0v) is 67.1. The first-order chi connectivity index (χ1) is 46.6. The Balaban J connectivity index is -0.000000681. The van der Waals surface area contributed by atoms with E-state index in [1.165, 1.54) is 0 Å². The third-order valence-electron chi connectivity index (χ3n) is 11.8. The number of hydrogen-bond donors (Lipinski definition) is 9. The smallest absolute Gasteiger partial charge is 0.380 e. The van der Waals surface area contributed by atoms with Crippen molar-refractivity contribution >= 4 is 38.9 Å². The van der Waals surface area contributed by atoms with Gasteiger partial charge in [0.15, 0.2) is 6.79 Å². The number of rotatable bonds is 61. The molecule has 0 aliphatic carbocycles. The van der Waals surface area contributed by atoms with Crippen LogP contribution in [0.5, 0.6) is 0 Å². The van der Waals surface area contributed by atoms with Crippen LogP contribution < -0.4 is 0 Å². The lowest BCUT2D eigenvalue weighted by Crippen LogP contribution is -2.44. The molecule has 0 amide bonds. The molecule has 2 atom stereocenters.